The minimum absolute atomic E-state index is 0.318. The van der Waals surface area contributed by atoms with Gasteiger partial charge in [-0.05, 0) is 39.0 Å². The Kier molecular flexibility index (Phi) is 3.80. The summed E-state index contributed by atoms with van der Waals surface area (Å²) in [5.41, 5.74) is -0.823. The van der Waals surface area contributed by atoms with Crippen molar-refractivity contribution in [2.75, 3.05) is 13.2 Å². The number of sulfone groups is 1. The standard InChI is InChI=1S/C12H22O4S/c1-2-16-7-6-12(13)8-10-4-3-5-11(9-12)17(10,14)15/h10-11,13H,2-9H2,1H3. The summed E-state index contributed by atoms with van der Waals surface area (Å²) in [6.07, 6.45) is 3.78. The molecule has 0 amide bonds. The van der Waals surface area contributed by atoms with Gasteiger partial charge >= 0.3 is 0 Å². The van der Waals surface area contributed by atoms with Gasteiger partial charge in [-0.1, -0.05) is 6.42 Å². The molecule has 2 aliphatic rings. The van der Waals surface area contributed by atoms with Gasteiger partial charge in [0.2, 0.25) is 0 Å². The second kappa shape index (κ2) is 4.86. The monoisotopic (exact) mass is 262 g/mol. The fraction of sp³-hybridized carbons (Fsp3) is 1.00. The van der Waals surface area contributed by atoms with Crippen molar-refractivity contribution >= 4 is 9.84 Å². The molecule has 2 aliphatic heterocycles. The maximum Gasteiger partial charge on any atom is 0.156 e. The van der Waals surface area contributed by atoms with Gasteiger partial charge in [0.1, 0.15) is 0 Å². The number of rotatable bonds is 4. The quantitative estimate of drug-likeness (QED) is 0.775. The number of hydrogen-bond donors (Lipinski definition) is 1. The van der Waals surface area contributed by atoms with E-state index >= 15 is 0 Å². The molecule has 17 heavy (non-hydrogen) atoms. The summed E-state index contributed by atoms with van der Waals surface area (Å²) in [4.78, 5) is 0. The van der Waals surface area contributed by atoms with Crippen molar-refractivity contribution in [3.8, 4) is 0 Å². The van der Waals surface area contributed by atoms with E-state index in [0.29, 0.717) is 32.5 Å². The summed E-state index contributed by atoms with van der Waals surface area (Å²) in [6, 6.07) is 0. The van der Waals surface area contributed by atoms with Crippen molar-refractivity contribution < 1.29 is 18.3 Å². The van der Waals surface area contributed by atoms with E-state index in [1.807, 2.05) is 6.92 Å². The summed E-state index contributed by atoms with van der Waals surface area (Å²) in [5.74, 6) is 0. The van der Waals surface area contributed by atoms with Crippen LogP contribution in [0.1, 0.15) is 45.4 Å². The molecule has 2 atom stereocenters. The summed E-state index contributed by atoms with van der Waals surface area (Å²) in [7, 11) is -2.97. The molecule has 2 rings (SSSR count). The molecule has 0 aromatic carbocycles. The van der Waals surface area contributed by atoms with E-state index in [0.717, 1.165) is 19.3 Å². The molecule has 2 fully saturated rings. The van der Waals surface area contributed by atoms with Crippen molar-refractivity contribution in [3.05, 3.63) is 0 Å². The largest absolute Gasteiger partial charge is 0.390 e. The highest BCUT2D eigenvalue weighted by molar-refractivity contribution is 7.92. The molecule has 0 saturated carbocycles. The number of aliphatic hydroxyl groups is 1. The van der Waals surface area contributed by atoms with Crippen molar-refractivity contribution in [1.82, 2.24) is 0 Å². The van der Waals surface area contributed by atoms with Gasteiger partial charge in [-0.15, -0.1) is 0 Å². The molecule has 2 saturated heterocycles. The Bertz CT molecular complexity index is 343. The van der Waals surface area contributed by atoms with Gasteiger partial charge in [0.25, 0.3) is 0 Å². The molecule has 2 bridgehead atoms. The highest BCUT2D eigenvalue weighted by Gasteiger charge is 2.49. The molecule has 0 aromatic heterocycles. The van der Waals surface area contributed by atoms with E-state index in [4.69, 9.17) is 4.74 Å². The summed E-state index contributed by atoms with van der Waals surface area (Å²) >= 11 is 0. The number of fused-ring (bicyclic) bond motifs is 2. The zero-order chi connectivity index (χ0) is 12.5. The van der Waals surface area contributed by atoms with Gasteiger partial charge in [0.15, 0.2) is 9.84 Å². The van der Waals surface area contributed by atoms with Crippen LogP contribution in [0.25, 0.3) is 0 Å². The minimum Gasteiger partial charge on any atom is -0.390 e. The maximum absolute atomic E-state index is 12.1. The second-order valence-corrected chi connectivity index (χ2v) is 7.85. The zero-order valence-corrected chi connectivity index (χ0v) is 11.2. The summed E-state index contributed by atoms with van der Waals surface area (Å²) in [5, 5.41) is 9.86. The zero-order valence-electron chi connectivity index (χ0n) is 10.4. The smallest absolute Gasteiger partial charge is 0.156 e. The molecule has 100 valence electrons. The molecule has 1 N–H and O–H groups in total. The van der Waals surface area contributed by atoms with Crippen LogP contribution in [0.15, 0.2) is 0 Å². The van der Waals surface area contributed by atoms with E-state index < -0.39 is 15.4 Å². The molecule has 0 radical (unpaired) electrons. The molecule has 2 heterocycles. The Morgan fingerprint density at radius 1 is 1.29 bits per heavy atom. The molecule has 4 nitrogen and oxygen atoms in total. The van der Waals surface area contributed by atoms with Crippen LogP contribution in [0.2, 0.25) is 0 Å². The van der Waals surface area contributed by atoms with Gasteiger partial charge in [-0.3, -0.25) is 0 Å². The van der Waals surface area contributed by atoms with Crippen molar-refractivity contribution in [3.63, 3.8) is 0 Å². The first-order valence-electron chi connectivity index (χ1n) is 6.51. The Balaban J connectivity index is 2.05. The third-order valence-electron chi connectivity index (χ3n) is 4.11. The molecule has 0 aliphatic carbocycles. The van der Waals surface area contributed by atoms with Crippen LogP contribution in [0.5, 0.6) is 0 Å². The first kappa shape index (κ1) is 13.3. The van der Waals surface area contributed by atoms with Gasteiger partial charge in [0.05, 0.1) is 16.1 Å². The lowest BCUT2D eigenvalue weighted by molar-refractivity contribution is -0.0214. The number of hydrogen-bond acceptors (Lipinski definition) is 4. The van der Waals surface area contributed by atoms with Crippen LogP contribution in [0, 0.1) is 0 Å². The molecular formula is C12H22O4S. The topological polar surface area (TPSA) is 63.6 Å². The lowest BCUT2D eigenvalue weighted by Crippen LogP contribution is -2.52. The average Bonchev–Trinajstić information content (AvgIpc) is 2.21. The number of ether oxygens (including phenoxy) is 1. The Morgan fingerprint density at radius 3 is 2.41 bits per heavy atom. The van der Waals surface area contributed by atoms with Crippen LogP contribution < -0.4 is 0 Å². The van der Waals surface area contributed by atoms with Crippen LogP contribution in [-0.2, 0) is 14.6 Å². The minimum atomic E-state index is -2.97. The van der Waals surface area contributed by atoms with Crippen LogP contribution in [-0.4, -0.2) is 42.8 Å². The Morgan fingerprint density at radius 2 is 1.88 bits per heavy atom. The predicted octanol–water partition coefficient (Wildman–Crippen LogP) is 1.27. The Labute approximate surface area is 103 Å². The fourth-order valence-corrected chi connectivity index (χ4v) is 5.77. The van der Waals surface area contributed by atoms with Crippen LogP contribution in [0.4, 0.5) is 0 Å². The lowest BCUT2D eigenvalue weighted by atomic mass is 9.83. The second-order valence-electron chi connectivity index (χ2n) is 5.34. The van der Waals surface area contributed by atoms with Crippen molar-refractivity contribution in [2.45, 2.75) is 61.5 Å². The SMILES string of the molecule is CCOCCC1(O)CC2CCCC(C1)S2(=O)=O. The molecule has 0 aromatic rings. The lowest BCUT2D eigenvalue weighted by Gasteiger charge is -2.43. The highest BCUT2D eigenvalue weighted by atomic mass is 32.2. The summed E-state index contributed by atoms with van der Waals surface area (Å²) < 4.78 is 29.4. The van der Waals surface area contributed by atoms with Gasteiger partial charge in [-0.25, -0.2) is 8.42 Å². The van der Waals surface area contributed by atoms with Crippen molar-refractivity contribution in [1.29, 1.82) is 0 Å². The summed E-state index contributed by atoms with van der Waals surface area (Å²) in [6.45, 7) is 3.08. The van der Waals surface area contributed by atoms with Gasteiger partial charge < -0.3 is 9.84 Å². The maximum atomic E-state index is 12.1. The third kappa shape index (κ3) is 2.66. The molecule has 0 spiro atoms. The average molecular weight is 262 g/mol. The highest BCUT2D eigenvalue weighted by Crippen LogP contribution is 2.42. The first-order valence-corrected chi connectivity index (χ1v) is 8.12. The molecular weight excluding hydrogens is 240 g/mol. The first-order chi connectivity index (χ1) is 7.98. The van der Waals surface area contributed by atoms with Gasteiger partial charge in [-0.2, -0.15) is 0 Å². The van der Waals surface area contributed by atoms with E-state index in [-0.39, 0.29) is 10.5 Å². The fourth-order valence-electron chi connectivity index (χ4n) is 3.15. The Hall–Kier alpha value is -0.130. The molecule has 5 heteroatoms. The van der Waals surface area contributed by atoms with Gasteiger partial charge in [0, 0.05) is 13.2 Å². The molecule has 2 unspecified atom stereocenters. The predicted molar refractivity (Wildman–Crippen MR) is 65.6 cm³/mol. The third-order valence-corrected chi connectivity index (χ3v) is 6.78. The van der Waals surface area contributed by atoms with Crippen LogP contribution in [0.3, 0.4) is 0 Å². The van der Waals surface area contributed by atoms with E-state index in [2.05, 4.69) is 0 Å². The van der Waals surface area contributed by atoms with E-state index in [9.17, 15) is 13.5 Å². The van der Waals surface area contributed by atoms with Crippen molar-refractivity contribution in [2.24, 2.45) is 0 Å². The van der Waals surface area contributed by atoms with E-state index in [1.54, 1.807) is 0 Å². The van der Waals surface area contributed by atoms with E-state index in [1.165, 1.54) is 0 Å². The normalized spacial score (nSPS) is 40.1. The van der Waals surface area contributed by atoms with Crippen LogP contribution >= 0.6 is 0 Å².